The van der Waals surface area contributed by atoms with Crippen LogP contribution in [0.5, 0.6) is 5.75 Å². The van der Waals surface area contributed by atoms with Gasteiger partial charge in [-0.1, -0.05) is 12.1 Å². The Morgan fingerprint density at radius 3 is 2.83 bits per heavy atom. The second-order valence-corrected chi connectivity index (χ2v) is 9.66. The monoisotopic (exact) mass is 499 g/mol. The van der Waals surface area contributed by atoms with Crippen LogP contribution in [0, 0.1) is 12.7 Å². The summed E-state index contributed by atoms with van der Waals surface area (Å²) < 4.78 is 47.3. The summed E-state index contributed by atoms with van der Waals surface area (Å²) in [6.07, 6.45) is -0.895. The number of benzene rings is 3. The number of hydrogen-bond acceptors (Lipinski definition) is 7. The van der Waals surface area contributed by atoms with Crippen LogP contribution in [0.15, 0.2) is 65.6 Å². The van der Waals surface area contributed by atoms with Crippen molar-refractivity contribution in [3.63, 3.8) is 0 Å². The van der Waals surface area contributed by atoms with Gasteiger partial charge in [0.15, 0.2) is 0 Å². The molecule has 0 spiro atoms. The molecule has 1 heterocycles. The molecular formula is C24H26FN5O4S. The molecule has 1 atom stereocenters. The topological polar surface area (TPSA) is 142 Å². The van der Waals surface area contributed by atoms with Gasteiger partial charge >= 0.3 is 0 Å². The number of nitrogens with two attached hydrogens (primary N) is 1. The third kappa shape index (κ3) is 5.88. The number of nitrogens with one attached hydrogen (secondary N) is 3. The molecule has 0 aliphatic carbocycles. The van der Waals surface area contributed by atoms with Crippen molar-refractivity contribution in [3.05, 3.63) is 77.7 Å². The molecule has 0 aliphatic rings. The molecule has 0 unspecified atom stereocenters. The Bertz CT molecular complexity index is 1440. The minimum Gasteiger partial charge on any atom is -0.492 e. The summed E-state index contributed by atoms with van der Waals surface area (Å²) in [4.78, 5) is -0.549. The minimum absolute atomic E-state index is 0.128. The van der Waals surface area contributed by atoms with Crippen molar-refractivity contribution < 1.29 is 22.7 Å². The number of ether oxygens (including phenoxy) is 1. The van der Waals surface area contributed by atoms with E-state index in [9.17, 15) is 17.9 Å². The van der Waals surface area contributed by atoms with Crippen molar-refractivity contribution >= 4 is 32.3 Å². The van der Waals surface area contributed by atoms with Gasteiger partial charge in [-0.15, -0.1) is 0 Å². The molecule has 6 N–H and O–H groups in total. The zero-order valence-electron chi connectivity index (χ0n) is 19.0. The van der Waals surface area contributed by atoms with E-state index in [1.807, 2.05) is 25.1 Å². The summed E-state index contributed by atoms with van der Waals surface area (Å²) in [6, 6.07) is 15.3. The molecule has 0 saturated carbocycles. The van der Waals surface area contributed by atoms with Crippen molar-refractivity contribution in [2.24, 2.45) is 0 Å². The number of halogens is 1. The molecule has 1 aromatic heterocycles. The standard InChI is InChI=1S/C24H26FN5O4S/c1-15-20-7-6-19(13-22(20)29-28-15)34-10-9-27-14-23(31)16-3-2-4-18(11-16)30-35(32,33)24-12-17(26)5-8-21(24)25/h2-8,11-13,23,27,30-31H,9-10,14,26H2,1H3,(H,28,29)/t23-/m0/s1. The van der Waals surface area contributed by atoms with Crippen molar-refractivity contribution in [1.29, 1.82) is 0 Å². The van der Waals surface area contributed by atoms with Gasteiger partial charge in [-0.2, -0.15) is 5.10 Å². The Hall–Kier alpha value is -3.67. The zero-order valence-corrected chi connectivity index (χ0v) is 19.8. The number of hydrogen-bond donors (Lipinski definition) is 5. The van der Waals surface area contributed by atoms with Crippen molar-refractivity contribution in [2.45, 2.75) is 17.9 Å². The molecule has 0 bridgehead atoms. The maximum absolute atomic E-state index is 14.0. The maximum atomic E-state index is 14.0. The number of H-pyrrole nitrogens is 1. The lowest BCUT2D eigenvalue weighted by Crippen LogP contribution is -2.26. The van der Waals surface area contributed by atoms with Gasteiger partial charge in [-0.05, 0) is 55.0 Å². The number of sulfonamides is 1. The molecule has 0 fully saturated rings. The lowest BCUT2D eigenvalue weighted by molar-refractivity contribution is 0.172. The van der Waals surface area contributed by atoms with Gasteiger partial charge in [0.25, 0.3) is 10.0 Å². The maximum Gasteiger partial charge on any atom is 0.264 e. The Balaban J connectivity index is 1.29. The van der Waals surface area contributed by atoms with Crippen LogP contribution >= 0.6 is 0 Å². The molecule has 35 heavy (non-hydrogen) atoms. The van der Waals surface area contributed by atoms with Crippen LogP contribution in [-0.4, -0.2) is 43.4 Å². The van der Waals surface area contributed by atoms with E-state index in [-0.39, 0.29) is 17.9 Å². The van der Waals surface area contributed by atoms with Crippen LogP contribution in [0.2, 0.25) is 0 Å². The van der Waals surface area contributed by atoms with E-state index >= 15 is 0 Å². The zero-order chi connectivity index (χ0) is 25.0. The quantitative estimate of drug-likeness (QED) is 0.167. The fourth-order valence-corrected chi connectivity index (χ4v) is 4.73. The average molecular weight is 500 g/mol. The number of aryl methyl sites for hydroxylation is 1. The Morgan fingerprint density at radius 1 is 1.17 bits per heavy atom. The molecule has 0 radical (unpaired) electrons. The number of aliphatic hydroxyl groups excluding tert-OH is 1. The average Bonchev–Trinajstić information content (AvgIpc) is 3.20. The molecule has 4 aromatic rings. The van der Waals surface area contributed by atoms with Crippen molar-refractivity contribution in [1.82, 2.24) is 15.5 Å². The summed E-state index contributed by atoms with van der Waals surface area (Å²) >= 11 is 0. The van der Waals surface area contributed by atoms with Gasteiger partial charge in [-0.25, -0.2) is 12.8 Å². The lowest BCUT2D eigenvalue weighted by Gasteiger charge is -2.15. The lowest BCUT2D eigenvalue weighted by atomic mass is 10.1. The Morgan fingerprint density at radius 2 is 2.00 bits per heavy atom. The number of anilines is 2. The van der Waals surface area contributed by atoms with Gasteiger partial charge in [0.05, 0.1) is 17.3 Å². The summed E-state index contributed by atoms with van der Waals surface area (Å²) in [5.41, 5.74) is 8.23. The van der Waals surface area contributed by atoms with Gasteiger partial charge < -0.3 is 20.9 Å². The summed E-state index contributed by atoms with van der Waals surface area (Å²) in [6.45, 7) is 3.02. The molecule has 9 nitrogen and oxygen atoms in total. The van der Waals surface area contributed by atoms with E-state index in [0.717, 1.165) is 28.7 Å². The van der Waals surface area contributed by atoms with Crippen LogP contribution in [0.3, 0.4) is 0 Å². The Kier molecular flexibility index (Phi) is 7.20. The van der Waals surface area contributed by atoms with Crippen LogP contribution in [0.4, 0.5) is 15.8 Å². The van der Waals surface area contributed by atoms with E-state index in [0.29, 0.717) is 24.5 Å². The number of rotatable bonds is 10. The number of fused-ring (bicyclic) bond motifs is 1. The molecule has 0 amide bonds. The first-order chi connectivity index (χ1) is 16.7. The second-order valence-electron chi connectivity index (χ2n) is 8.01. The van der Waals surface area contributed by atoms with Gasteiger partial charge in [0.1, 0.15) is 23.1 Å². The van der Waals surface area contributed by atoms with Crippen molar-refractivity contribution in [2.75, 3.05) is 30.2 Å². The summed E-state index contributed by atoms with van der Waals surface area (Å²) in [7, 11) is -4.20. The van der Waals surface area contributed by atoms with Crippen LogP contribution in [0.25, 0.3) is 10.9 Å². The smallest absolute Gasteiger partial charge is 0.264 e. The summed E-state index contributed by atoms with van der Waals surface area (Å²) in [5, 5.41) is 21.8. The highest BCUT2D eigenvalue weighted by molar-refractivity contribution is 7.92. The van der Waals surface area contributed by atoms with Crippen LogP contribution in [-0.2, 0) is 10.0 Å². The van der Waals surface area contributed by atoms with E-state index in [4.69, 9.17) is 10.5 Å². The van der Waals surface area contributed by atoms with Crippen molar-refractivity contribution in [3.8, 4) is 5.75 Å². The molecule has 0 saturated heterocycles. The van der Waals surface area contributed by atoms with Gasteiger partial charge in [-0.3, -0.25) is 9.82 Å². The highest BCUT2D eigenvalue weighted by Gasteiger charge is 2.20. The Labute approximate surface area is 202 Å². The first kappa shape index (κ1) is 24.5. The number of aromatic amines is 1. The van der Waals surface area contributed by atoms with E-state index in [2.05, 4.69) is 20.2 Å². The van der Waals surface area contributed by atoms with Gasteiger partial charge in [0.2, 0.25) is 0 Å². The molecule has 11 heteroatoms. The van der Waals surface area contributed by atoms with E-state index in [1.165, 1.54) is 18.2 Å². The predicted octanol–water partition coefficient (Wildman–Crippen LogP) is 3.10. The fraction of sp³-hybridized carbons (Fsp3) is 0.208. The largest absolute Gasteiger partial charge is 0.492 e. The third-order valence-corrected chi connectivity index (χ3v) is 6.77. The highest BCUT2D eigenvalue weighted by atomic mass is 32.2. The fourth-order valence-electron chi connectivity index (χ4n) is 3.57. The van der Waals surface area contributed by atoms with Crippen LogP contribution in [0.1, 0.15) is 17.4 Å². The third-order valence-electron chi connectivity index (χ3n) is 5.38. The molecule has 0 aliphatic heterocycles. The van der Waals surface area contributed by atoms with E-state index in [1.54, 1.807) is 12.1 Å². The summed E-state index contributed by atoms with van der Waals surface area (Å²) in [5.74, 6) is -0.200. The van der Waals surface area contributed by atoms with E-state index < -0.39 is 26.8 Å². The predicted molar refractivity (Wildman–Crippen MR) is 132 cm³/mol. The minimum atomic E-state index is -4.20. The number of nitrogens with zero attached hydrogens (tertiary/aromatic N) is 1. The first-order valence-electron chi connectivity index (χ1n) is 10.9. The highest BCUT2D eigenvalue weighted by Crippen LogP contribution is 2.24. The molecule has 3 aromatic carbocycles. The molecular weight excluding hydrogens is 473 g/mol. The van der Waals surface area contributed by atoms with Crippen LogP contribution < -0.4 is 20.5 Å². The molecule has 4 rings (SSSR count). The second kappa shape index (κ2) is 10.3. The SMILES string of the molecule is Cc1n[nH]c2cc(OCCNC[C@H](O)c3cccc(NS(=O)(=O)c4cc(N)ccc4F)c3)ccc12. The van der Waals surface area contributed by atoms with Gasteiger partial charge in [0, 0.05) is 35.9 Å². The number of aromatic nitrogens is 2. The normalized spacial score (nSPS) is 12.5. The molecule has 184 valence electrons. The number of aliphatic hydroxyl groups is 1. The number of nitrogen functional groups attached to an aromatic ring is 1. The first-order valence-corrected chi connectivity index (χ1v) is 12.4.